The summed E-state index contributed by atoms with van der Waals surface area (Å²) in [6.45, 7) is 3.20. The maximum absolute atomic E-state index is 7.94. The van der Waals surface area contributed by atoms with Crippen molar-refractivity contribution in [2.75, 3.05) is 0 Å². The van der Waals surface area contributed by atoms with Gasteiger partial charge in [-0.1, -0.05) is 13.3 Å². The number of hydrogen-bond donors (Lipinski definition) is 1. The first-order valence-electron chi connectivity index (χ1n) is 1.87. The van der Waals surface area contributed by atoms with Gasteiger partial charge in [-0.2, -0.15) is 6.42 Å². The summed E-state index contributed by atoms with van der Waals surface area (Å²) in [6.07, 6.45) is 1.86. The summed E-state index contributed by atoms with van der Waals surface area (Å²) >= 11 is 0. The van der Waals surface area contributed by atoms with Gasteiger partial charge >= 0.3 is 18.9 Å². The molecule has 0 aliphatic heterocycles. The van der Waals surface area contributed by atoms with Gasteiger partial charge in [-0.3, -0.25) is 0 Å². The third-order valence-corrected chi connectivity index (χ3v) is 0.418. The molecular weight excluding hydrogens is 71.0 g/mol. The maximum Gasteiger partial charge on any atom is 1.00 e. The summed E-state index contributed by atoms with van der Waals surface area (Å²) in [7, 11) is 0. The zero-order valence-electron chi connectivity index (χ0n) is 4.44. The van der Waals surface area contributed by atoms with Gasteiger partial charge in [-0.25, -0.2) is 6.61 Å². The molecule has 0 aliphatic rings. The molecule has 0 atom stereocenters. The van der Waals surface area contributed by atoms with Crippen LogP contribution in [0.2, 0.25) is 0 Å². The molecule has 1 nitrogen and oxygen atoms in total. The Hall–Kier alpha value is 0.557. The van der Waals surface area contributed by atoms with Gasteiger partial charge in [0.05, 0.1) is 0 Å². The Morgan fingerprint density at radius 1 is 1.67 bits per heavy atom. The van der Waals surface area contributed by atoms with E-state index < -0.39 is 0 Å². The van der Waals surface area contributed by atoms with Crippen molar-refractivity contribution in [3.05, 3.63) is 6.61 Å². The van der Waals surface area contributed by atoms with E-state index in [9.17, 15) is 0 Å². The Balaban J connectivity index is 0. The van der Waals surface area contributed by atoms with Crippen LogP contribution in [0, 0.1) is 6.61 Å². The van der Waals surface area contributed by atoms with Crippen molar-refractivity contribution in [1.82, 2.24) is 0 Å². The largest absolute Gasteiger partial charge is 1.00 e. The zero-order chi connectivity index (χ0) is 4.12. The van der Waals surface area contributed by atoms with Crippen LogP contribution in [0.1, 0.15) is 19.8 Å². The second kappa shape index (κ2) is 9.12. The smallest absolute Gasteiger partial charge is 0.566 e. The number of rotatable bonds is 2. The van der Waals surface area contributed by atoms with Crippen molar-refractivity contribution in [1.29, 1.82) is 0 Å². The van der Waals surface area contributed by atoms with Crippen LogP contribution in [0.15, 0.2) is 0 Å². The standard InChI is InChI=1S/C4H9O.Li/c1-2-3-4-5;/h4-5H,2-3H2,1H3;/q-1;+1. The van der Waals surface area contributed by atoms with Gasteiger partial charge < -0.3 is 5.11 Å². The molecule has 0 saturated carbocycles. The summed E-state index contributed by atoms with van der Waals surface area (Å²) < 4.78 is 0. The van der Waals surface area contributed by atoms with E-state index in [0.29, 0.717) is 0 Å². The van der Waals surface area contributed by atoms with E-state index in [0.717, 1.165) is 12.8 Å². The van der Waals surface area contributed by atoms with Crippen LogP contribution in [0.3, 0.4) is 0 Å². The quantitative estimate of drug-likeness (QED) is 0.310. The third-order valence-electron chi connectivity index (χ3n) is 0.418. The molecule has 0 amide bonds. The van der Waals surface area contributed by atoms with Crippen LogP contribution < -0.4 is 18.9 Å². The van der Waals surface area contributed by atoms with Crippen LogP contribution in [-0.2, 0) is 0 Å². The van der Waals surface area contributed by atoms with Crippen LogP contribution in [0.4, 0.5) is 0 Å². The molecule has 0 aliphatic carbocycles. The van der Waals surface area contributed by atoms with Crippen molar-refractivity contribution >= 4 is 0 Å². The Morgan fingerprint density at radius 2 is 2.17 bits per heavy atom. The molecular formula is C4H9LiO. The molecule has 0 heterocycles. The van der Waals surface area contributed by atoms with Crippen molar-refractivity contribution < 1.29 is 24.0 Å². The van der Waals surface area contributed by atoms with Gasteiger partial charge in [0.1, 0.15) is 0 Å². The molecule has 0 aromatic carbocycles. The van der Waals surface area contributed by atoms with E-state index in [1.807, 2.05) is 6.92 Å². The Labute approximate surface area is 50.9 Å². The van der Waals surface area contributed by atoms with Gasteiger partial charge in [0.2, 0.25) is 0 Å². The molecule has 32 valence electrons. The van der Waals surface area contributed by atoms with Crippen molar-refractivity contribution in [3.8, 4) is 0 Å². The Kier molecular flexibility index (Phi) is 14.8. The summed E-state index contributed by atoms with van der Waals surface area (Å²) in [5.41, 5.74) is 0. The molecule has 0 aromatic heterocycles. The minimum absolute atomic E-state index is 0. The molecule has 0 unspecified atom stereocenters. The van der Waals surface area contributed by atoms with Gasteiger partial charge in [0.15, 0.2) is 0 Å². The summed E-state index contributed by atoms with van der Waals surface area (Å²) in [5, 5.41) is 7.94. The molecule has 0 saturated heterocycles. The predicted molar refractivity (Wildman–Crippen MR) is 21.1 cm³/mol. The molecule has 6 heavy (non-hydrogen) atoms. The maximum atomic E-state index is 7.94. The molecule has 2 heteroatoms. The van der Waals surface area contributed by atoms with Gasteiger partial charge in [-0.05, 0) is 0 Å². The summed E-state index contributed by atoms with van der Waals surface area (Å²) in [5.74, 6) is 0. The van der Waals surface area contributed by atoms with Crippen LogP contribution in [-0.4, -0.2) is 5.11 Å². The summed E-state index contributed by atoms with van der Waals surface area (Å²) in [6, 6.07) is 0. The fourth-order valence-electron chi connectivity index (χ4n) is 0.129. The first-order chi connectivity index (χ1) is 2.41. The van der Waals surface area contributed by atoms with E-state index in [2.05, 4.69) is 0 Å². The van der Waals surface area contributed by atoms with E-state index in [1.165, 1.54) is 6.61 Å². The number of hydrogen-bond acceptors (Lipinski definition) is 1. The van der Waals surface area contributed by atoms with Crippen LogP contribution in [0.5, 0.6) is 0 Å². The number of aliphatic hydroxyl groups is 1. The molecule has 1 N–H and O–H groups in total. The molecule has 0 radical (unpaired) electrons. The Morgan fingerprint density at radius 3 is 2.17 bits per heavy atom. The van der Waals surface area contributed by atoms with E-state index in [4.69, 9.17) is 5.11 Å². The summed E-state index contributed by atoms with van der Waals surface area (Å²) in [4.78, 5) is 0. The fourth-order valence-corrected chi connectivity index (χ4v) is 0.129. The SMILES string of the molecule is CCC[CH-]O.[Li+]. The van der Waals surface area contributed by atoms with Gasteiger partial charge in [0.25, 0.3) is 0 Å². The molecule has 0 aromatic rings. The Bertz CT molecular complexity index is 15.0. The minimum Gasteiger partial charge on any atom is -0.566 e. The normalized spacial score (nSPS) is 7.00. The first-order valence-corrected chi connectivity index (χ1v) is 1.87. The van der Waals surface area contributed by atoms with Crippen LogP contribution in [0.25, 0.3) is 0 Å². The van der Waals surface area contributed by atoms with Crippen LogP contribution >= 0.6 is 0 Å². The third kappa shape index (κ3) is 8.82. The molecule has 0 fully saturated rings. The second-order valence-electron chi connectivity index (χ2n) is 0.971. The van der Waals surface area contributed by atoms with Crippen molar-refractivity contribution in [3.63, 3.8) is 0 Å². The number of unbranched alkanes of at least 4 members (excludes halogenated alkanes) is 1. The monoisotopic (exact) mass is 80.1 g/mol. The van der Waals surface area contributed by atoms with Crippen molar-refractivity contribution in [2.45, 2.75) is 19.8 Å². The zero-order valence-corrected chi connectivity index (χ0v) is 4.44. The minimum atomic E-state index is 0. The molecule has 0 bridgehead atoms. The topological polar surface area (TPSA) is 20.2 Å². The van der Waals surface area contributed by atoms with E-state index in [-0.39, 0.29) is 18.9 Å². The average Bonchev–Trinajstić information content (AvgIpc) is 1.41. The van der Waals surface area contributed by atoms with Gasteiger partial charge in [-0.15, -0.1) is 0 Å². The molecule has 0 rings (SSSR count). The predicted octanol–water partition coefficient (Wildman–Crippen LogP) is -1.68. The average molecular weight is 80.1 g/mol. The molecule has 0 spiro atoms. The fraction of sp³-hybridized carbons (Fsp3) is 0.750. The number of aliphatic hydroxyl groups excluding tert-OH is 1. The van der Waals surface area contributed by atoms with E-state index in [1.54, 1.807) is 0 Å². The van der Waals surface area contributed by atoms with Gasteiger partial charge in [0, 0.05) is 0 Å². The van der Waals surface area contributed by atoms with E-state index >= 15 is 0 Å². The van der Waals surface area contributed by atoms with Crippen molar-refractivity contribution in [2.24, 2.45) is 0 Å². The first kappa shape index (κ1) is 9.75. The second-order valence-corrected chi connectivity index (χ2v) is 0.971.